The first kappa shape index (κ1) is 18.3. The number of benzene rings is 1. The standard InChI is InChI=1S/C17H24F2N2O3/c1-17(2,3)24-16(22)21-10-11(18)8-12(21)9-20-13-6-5-7-14(23-4)15(13)19/h5-7,11-12,20H,8-10H2,1-4H3/t11-,12+/m1/s1. The lowest BCUT2D eigenvalue weighted by atomic mass is 10.2. The molecular formula is C17H24F2N2O3. The molecule has 5 nitrogen and oxygen atoms in total. The third kappa shape index (κ3) is 4.49. The number of halogens is 2. The quantitative estimate of drug-likeness (QED) is 0.908. The molecule has 1 saturated heterocycles. The Bertz CT molecular complexity index is 590. The van der Waals surface area contributed by atoms with Gasteiger partial charge in [0.15, 0.2) is 11.6 Å². The van der Waals surface area contributed by atoms with Crippen LogP contribution in [0.1, 0.15) is 27.2 Å². The summed E-state index contributed by atoms with van der Waals surface area (Å²) in [5.41, 5.74) is -0.400. The van der Waals surface area contributed by atoms with Crippen LogP contribution in [0.2, 0.25) is 0 Å². The predicted octanol–water partition coefficient (Wildman–Crippen LogP) is 3.59. The third-order valence-corrected chi connectivity index (χ3v) is 3.70. The van der Waals surface area contributed by atoms with Crippen LogP contribution in [-0.4, -0.2) is 49.0 Å². The number of amides is 1. The molecule has 1 amide bonds. The lowest BCUT2D eigenvalue weighted by molar-refractivity contribution is 0.0226. The van der Waals surface area contributed by atoms with Crippen molar-refractivity contribution in [3.8, 4) is 5.75 Å². The minimum Gasteiger partial charge on any atom is -0.494 e. The van der Waals surface area contributed by atoms with E-state index in [2.05, 4.69) is 5.32 Å². The van der Waals surface area contributed by atoms with Crippen molar-refractivity contribution in [1.82, 2.24) is 4.90 Å². The van der Waals surface area contributed by atoms with E-state index in [1.807, 2.05) is 0 Å². The normalized spacial score (nSPS) is 20.8. The summed E-state index contributed by atoms with van der Waals surface area (Å²) in [6.45, 7) is 5.48. The number of hydrogen-bond donors (Lipinski definition) is 1. The highest BCUT2D eigenvalue weighted by Crippen LogP contribution is 2.26. The van der Waals surface area contributed by atoms with E-state index in [1.54, 1.807) is 32.9 Å². The van der Waals surface area contributed by atoms with E-state index in [0.717, 1.165) is 0 Å². The summed E-state index contributed by atoms with van der Waals surface area (Å²) in [6, 6.07) is 4.33. The number of hydrogen-bond acceptors (Lipinski definition) is 4. The highest BCUT2D eigenvalue weighted by molar-refractivity contribution is 5.69. The lowest BCUT2D eigenvalue weighted by Gasteiger charge is -2.28. The second-order valence-corrected chi connectivity index (χ2v) is 6.82. The maximum Gasteiger partial charge on any atom is 0.410 e. The zero-order chi connectivity index (χ0) is 17.9. The molecule has 1 heterocycles. The van der Waals surface area contributed by atoms with Crippen LogP contribution in [0.5, 0.6) is 5.75 Å². The van der Waals surface area contributed by atoms with Gasteiger partial charge in [-0.15, -0.1) is 0 Å². The average molecular weight is 342 g/mol. The number of nitrogens with one attached hydrogen (secondary N) is 1. The van der Waals surface area contributed by atoms with Gasteiger partial charge in [-0.3, -0.25) is 0 Å². The third-order valence-electron chi connectivity index (χ3n) is 3.70. The zero-order valence-electron chi connectivity index (χ0n) is 14.4. The number of nitrogens with zero attached hydrogens (tertiary/aromatic N) is 1. The molecule has 1 aromatic rings. The van der Waals surface area contributed by atoms with Gasteiger partial charge in [0, 0.05) is 13.0 Å². The van der Waals surface area contributed by atoms with Crippen LogP contribution in [0.3, 0.4) is 0 Å². The molecule has 1 aromatic carbocycles. The summed E-state index contributed by atoms with van der Waals surface area (Å²) in [4.78, 5) is 13.6. The molecular weight excluding hydrogens is 318 g/mol. The fraction of sp³-hybridized carbons (Fsp3) is 0.588. The minimum absolute atomic E-state index is 0.0121. The molecule has 1 aliphatic heterocycles. The Morgan fingerprint density at radius 3 is 2.75 bits per heavy atom. The van der Waals surface area contributed by atoms with Gasteiger partial charge < -0.3 is 19.7 Å². The van der Waals surface area contributed by atoms with Crippen LogP contribution < -0.4 is 10.1 Å². The van der Waals surface area contributed by atoms with Gasteiger partial charge in [0.25, 0.3) is 0 Å². The number of carbonyl (C=O) groups excluding carboxylic acids is 1. The first-order chi connectivity index (χ1) is 11.2. The van der Waals surface area contributed by atoms with Gasteiger partial charge in [0.1, 0.15) is 11.8 Å². The average Bonchev–Trinajstić information content (AvgIpc) is 2.85. The highest BCUT2D eigenvalue weighted by Gasteiger charge is 2.37. The van der Waals surface area contributed by atoms with Crippen molar-refractivity contribution in [1.29, 1.82) is 0 Å². The molecule has 2 atom stereocenters. The molecule has 2 rings (SSSR count). The molecule has 1 aliphatic rings. The number of likely N-dealkylation sites (tertiary alicyclic amines) is 1. The Morgan fingerprint density at radius 1 is 1.42 bits per heavy atom. The van der Waals surface area contributed by atoms with Crippen molar-refractivity contribution in [2.24, 2.45) is 0 Å². The van der Waals surface area contributed by atoms with Crippen LogP contribution in [-0.2, 0) is 4.74 Å². The maximum absolute atomic E-state index is 14.1. The number of rotatable bonds is 4. The molecule has 1 fully saturated rings. The maximum atomic E-state index is 14.1. The zero-order valence-corrected chi connectivity index (χ0v) is 14.4. The van der Waals surface area contributed by atoms with Crippen LogP contribution in [0.4, 0.5) is 19.3 Å². The van der Waals surface area contributed by atoms with Crippen molar-refractivity contribution < 1.29 is 23.0 Å². The molecule has 0 saturated carbocycles. The number of alkyl halides is 1. The van der Waals surface area contributed by atoms with E-state index < -0.39 is 29.7 Å². The number of anilines is 1. The monoisotopic (exact) mass is 342 g/mol. The number of carbonyl (C=O) groups is 1. The molecule has 0 aliphatic carbocycles. The molecule has 0 bridgehead atoms. The van der Waals surface area contributed by atoms with E-state index in [9.17, 15) is 13.6 Å². The Kier molecular flexibility index (Phi) is 5.51. The largest absolute Gasteiger partial charge is 0.494 e. The summed E-state index contributed by atoms with van der Waals surface area (Å²) in [6.07, 6.45) is -1.47. The highest BCUT2D eigenvalue weighted by atomic mass is 19.1. The van der Waals surface area contributed by atoms with E-state index in [-0.39, 0.29) is 30.9 Å². The van der Waals surface area contributed by atoms with Crippen molar-refractivity contribution in [2.75, 3.05) is 25.5 Å². The fourth-order valence-corrected chi connectivity index (χ4v) is 2.63. The summed E-state index contributed by atoms with van der Waals surface area (Å²) >= 11 is 0. The summed E-state index contributed by atoms with van der Waals surface area (Å²) in [5.74, 6) is -0.391. The molecule has 0 spiro atoms. The second kappa shape index (κ2) is 7.23. The lowest BCUT2D eigenvalue weighted by Crippen LogP contribution is -2.42. The minimum atomic E-state index is -1.11. The Labute approximate surface area is 140 Å². The van der Waals surface area contributed by atoms with Gasteiger partial charge in [0.05, 0.1) is 25.4 Å². The topological polar surface area (TPSA) is 50.8 Å². The second-order valence-electron chi connectivity index (χ2n) is 6.82. The van der Waals surface area contributed by atoms with E-state index in [4.69, 9.17) is 9.47 Å². The molecule has 0 unspecified atom stereocenters. The van der Waals surface area contributed by atoms with Crippen LogP contribution >= 0.6 is 0 Å². The van der Waals surface area contributed by atoms with Crippen LogP contribution in [0.15, 0.2) is 18.2 Å². The smallest absolute Gasteiger partial charge is 0.410 e. The van der Waals surface area contributed by atoms with Gasteiger partial charge in [-0.25, -0.2) is 13.6 Å². The van der Waals surface area contributed by atoms with Crippen molar-refractivity contribution >= 4 is 11.8 Å². The van der Waals surface area contributed by atoms with E-state index in [0.29, 0.717) is 0 Å². The van der Waals surface area contributed by atoms with E-state index >= 15 is 0 Å². The van der Waals surface area contributed by atoms with Crippen molar-refractivity contribution in [2.45, 2.75) is 45.0 Å². The van der Waals surface area contributed by atoms with E-state index in [1.165, 1.54) is 18.1 Å². The van der Waals surface area contributed by atoms with Gasteiger partial charge in [-0.2, -0.15) is 0 Å². The van der Waals surface area contributed by atoms with Crippen molar-refractivity contribution in [3.05, 3.63) is 24.0 Å². The molecule has 24 heavy (non-hydrogen) atoms. The van der Waals surface area contributed by atoms with Gasteiger partial charge in [-0.05, 0) is 32.9 Å². The summed E-state index contributed by atoms with van der Waals surface area (Å²) < 4.78 is 38.1. The SMILES string of the molecule is COc1cccc(NC[C@@H]2C[C@@H](F)CN2C(=O)OC(C)(C)C)c1F. The summed E-state index contributed by atoms with van der Waals surface area (Å²) in [7, 11) is 1.39. The first-order valence-electron chi connectivity index (χ1n) is 7.91. The predicted molar refractivity (Wildman–Crippen MR) is 87.7 cm³/mol. The van der Waals surface area contributed by atoms with Gasteiger partial charge in [-0.1, -0.05) is 6.07 Å². The number of methoxy groups -OCH3 is 1. The molecule has 0 radical (unpaired) electrons. The molecule has 1 N–H and O–H groups in total. The van der Waals surface area contributed by atoms with Gasteiger partial charge >= 0.3 is 6.09 Å². The van der Waals surface area contributed by atoms with Crippen molar-refractivity contribution in [3.63, 3.8) is 0 Å². The molecule has 7 heteroatoms. The van der Waals surface area contributed by atoms with Crippen LogP contribution in [0.25, 0.3) is 0 Å². The van der Waals surface area contributed by atoms with Gasteiger partial charge in [0.2, 0.25) is 0 Å². The Morgan fingerprint density at radius 2 is 2.12 bits per heavy atom. The van der Waals surface area contributed by atoms with Crippen LogP contribution in [0, 0.1) is 5.82 Å². The first-order valence-corrected chi connectivity index (χ1v) is 7.91. The molecule has 134 valence electrons. The Balaban J connectivity index is 2.03. The number of ether oxygens (including phenoxy) is 2. The fourth-order valence-electron chi connectivity index (χ4n) is 2.63. The molecule has 0 aromatic heterocycles. The summed E-state index contributed by atoms with van der Waals surface area (Å²) in [5, 5.41) is 2.93. The Hall–Kier alpha value is -2.05.